The van der Waals surface area contributed by atoms with Gasteiger partial charge in [-0.1, -0.05) is 13.8 Å². The standard InChI is InChI=1S/C18H25BrN4O3/c1-11(2)17(24)23-5-4-13(9-23)22-18(20-3)21-8-12-6-14(19)16-15(7-12)25-10-26-16/h6-7,11,13H,4-5,8-10H2,1-3H3,(H2,20,21,22). The van der Waals surface area contributed by atoms with Gasteiger partial charge in [-0.05, 0) is 40.0 Å². The van der Waals surface area contributed by atoms with Crippen LogP contribution in [0, 0.1) is 5.92 Å². The van der Waals surface area contributed by atoms with E-state index in [9.17, 15) is 4.79 Å². The molecule has 1 aromatic carbocycles. The summed E-state index contributed by atoms with van der Waals surface area (Å²) in [6, 6.07) is 4.19. The van der Waals surface area contributed by atoms with E-state index in [1.54, 1.807) is 7.05 Å². The summed E-state index contributed by atoms with van der Waals surface area (Å²) in [6.07, 6.45) is 0.925. The Kier molecular flexibility index (Phi) is 5.90. The van der Waals surface area contributed by atoms with Gasteiger partial charge in [-0.2, -0.15) is 0 Å². The minimum Gasteiger partial charge on any atom is -0.454 e. The van der Waals surface area contributed by atoms with Gasteiger partial charge in [0.05, 0.1) is 4.47 Å². The Morgan fingerprint density at radius 1 is 1.42 bits per heavy atom. The fourth-order valence-corrected chi connectivity index (χ4v) is 3.74. The van der Waals surface area contributed by atoms with Crippen LogP contribution in [-0.4, -0.2) is 49.7 Å². The molecule has 26 heavy (non-hydrogen) atoms. The highest BCUT2D eigenvalue weighted by atomic mass is 79.9. The molecule has 0 radical (unpaired) electrons. The van der Waals surface area contributed by atoms with E-state index < -0.39 is 0 Å². The molecule has 1 unspecified atom stereocenters. The molecule has 0 spiro atoms. The van der Waals surface area contributed by atoms with Crippen molar-refractivity contribution >= 4 is 27.8 Å². The molecule has 1 aromatic rings. The fraction of sp³-hybridized carbons (Fsp3) is 0.556. The Labute approximate surface area is 162 Å². The van der Waals surface area contributed by atoms with Crippen LogP contribution in [0.2, 0.25) is 0 Å². The number of hydrogen-bond donors (Lipinski definition) is 2. The van der Waals surface area contributed by atoms with Gasteiger partial charge in [-0.15, -0.1) is 0 Å². The van der Waals surface area contributed by atoms with Gasteiger partial charge in [0.1, 0.15) is 0 Å². The summed E-state index contributed by atoms with van der Waals surface area (Å²) in [5, 5.41) is 6.72. The molecule has 2 aliphatic heterocycles. The van der Waals surface area contributed by atoms with Crippen molar-refractivity contribution in [2.24, 2.45) is 10.9 Å². The first-order valence-corrected chi connectivity index (χ1v) is 9.61. The number of hydrogen-bond acceptors (Lipinski definition) is 4. The van der Waals surface area contributed by atoms with Crippen molar-refractivity contribution in [3.63, 3.8) is 0 Å². The number of carbonyl (C=O) groups is 1. The number of aliphatic imine (C=N–C) groups is 1. The first-order chi connectivity index (χ1) is 12.5. The molecule has 0 aliphatic carbocycles. The topological polar surface area (TPSA) is 75.2 Å². The van der Waals surface area contributed by atoms with Crippen LogP contribution in [0.4, 0.5) is 0 Å². The van der Waals surface area contributed by atoms with Crippen molar-refractivity contribution in [2.75, 3.05) is 26.9 Å². The van der Waals surface area contributed by atoms with E-state index in [4.69, 9.17) is 9.47 Å². The highest BCUT2D eigenvalue weighted by Gasteiger charge is 2.28. The minimum absolute atomic E-state index is 0.0376. The van der Waals surface area contributed by atoms with Gasteiger partial charge in [0.2, 0.25) is 12.7 Å². The van der Waals surface area contributed by atoms with Gasteiger partial charge in [0, 0.05) is 38.6 Å². The number of halogens is 1. The lowest BCUT2D eigenvalue weighted by molar-refractivity contribution is -0.133. The number of carbonyl (C=O) groups excluding carboxylic acids is 1. The van der Waals surface area contributed by atoms with Gasteiger partial charge in [0.15, 0.2) is 17.5 Å². The van der Waals surface area contributed by atoms with Crippen molar-refractivity contribution in [3.05, 3.63) is 22.2 Å². The van der Waals surface area contributed by atoms with Crippen LogP contribution in [0.25, 0.3) is 0 Å². The summed E-state index contributed by atoms with van der Waals surface area (Å²) < 4.78 is 11.7. The van der Waals surface area contributed by atoms with Crippen LogP contribution in [-0.2, 0) is 11.3 Å². The zero-order chi connectivity index (χ0) is 18.7. The maximum Gasteiger partial charge on any atom is 0.231 e. The van der Waals surface area contributed by atoms with Crippen molar-refractivity contribution in [3.8, 4) is 11.5 Å². The summed E-state index contributed by atoms with van der Waals surface area (Å²) >= 11 is 3.51. The molecule has 7 nitrogen and oxygen atoms in total. The van der Waals surface area contributed by atoms with Gasteiger partial charge < -0.3 is 25.0 Å². The zero-order valence-electron chi connectivity index (χ0n) is 15.3. The van der Waals surface area contributed by atoms with E-state index in [2.05, 4.69) is 31.6 Å². The van der Waals surface area contributed by atoms with E-state index in [1.165, 1.54) is 0 Å². The molecular formula is C18H25BrN4O3. The molecule has 0 aromatic heterocycles. The Morgan fingerprint density at radius 2 is 2.23 bits per heavy atom. The fourth-order valence-electron chi connectivity index (χ4n) is 3.14. The molecule has 1 fully saturated rings. The molecule has 2 aliphatic rings. The first-order valence-electron chi connectivity index (χ1n) is 8.82. The summed E-state index contributed by atoms with van der Waals surface area (Å²) in [5.74, 6) is 2.47. The van der Waals surface area contributed by atoms with Gasteiger partial charge >= 0.3 is 0 Å². The summed E-state index contributed by atoms with van der Waals surface area (Å²) in [6.45, 7) is 6.24. The summed E-state index contributed by atoms with van der Waals surface area (Å²) in [4.78, 5) is 18.3. The number of amides is 1. The van der Waals surface area contributed by atoms with Gasteiger partial charge in [-0.25, -0.2) is 0 Å². The number of fused-ring (bicyclic) bond motifs is 1. The third-order valence-electron chi connectivity index (χ3n) is 4.51. The molecule has 2 N–H and O–H groups in total. The van der Waals surface area contributed by atoms with Crippen LogP contribution in [0.3, 0.4) is 0 Å². The zero-order valence-corrected chi connectivity index (χ0v) is 16.9. The van der Waals surface area contributed by atoms with Crippen molar-refractivity contribution in [1.29, 1.82) is 0 Å². The van der Waals surface area contributed by atoms with E-state index >= 15 is 0 Å². The van der Waals surface area contributed by atoms with Crippen molar-refractivity contribution in [2.45, 2.75) is 32.9 Å². The van der Waals surface area contributed by atoms with Crippen LogP contribution >= 0.6 is 15.9 Å². The van der Waals surface area contributed by atoms with E-state index in [1.807, 2.05) is 30.9 Å². The average Bonchev–Trinajstić information content (AvgIpc) is 3.27. The second-order valence-electron chi connectivity index (χ2n) is 6.81. The van der Waals surface area contributed by atoms with E-state index in [-0.39, 0.29) is 24.7 Å². The van der Waals surface area contributed by atoms with Crippen molar-refractivity contribution in [1.82, 2.24) is 15.5 Å². The Balaban J connectivity index is 1.53. The van der Waals surface area contributed by atoms with Gasteiger partial charge in [0.25, 0.3) is 0 Å². The molecule has 1 amide bonds. The number of guanidine groups is 1. The molecule has 3 rings (SSSR count). The number of benzene rings is 1. The van der Waals surface area contributed by atoms with Crippen LogP contribution in [0.15, 0.2) is 21.6 Å². The molecular weight excluding hydrogens is 400 g/mol. The Hall–Kier alpha value is -1.96. The predicted octanol–water partition coefficient (Wildman–Crippen LogP) is 2.10. The maximum absolute atomic E-state index is 12.1. The number of nitrogens with one attached hydrogen (secondary N) is 2. The first kappa shape index (κ1) is 18.8. The molecule has 8 heteroatoms. The van der Waals surface area contributed by atoms with Gasteiger partial charge in [-0.3, -0.25) is 9.79 Å². The Morgan fingerprint density at radius 3 is 2.96 bits per heavy atom. The van der Waals surface area contributed by atoms with E-state index in [0.717, 1.165) is 40.5 Å². The predicted molar refractivity (Wildman–Crippen MR) is 103 cm³/mol. The molecule has 142 valence electrons. The molecule has 1 atom stereocenters. The number of rotatable bonds is 4. The van der Waals surface area contributed by atoms with Crippen LogP contribution in [0.1, 0.15) is 25.8 Å². The molecule has 1 saturated heterocycles. The minimum atomic E-state index is 0.0376. The second kappa shape index (κ2) is 8.16. The number of nitrogens with zero attached hydrogens (tertiary/aromatic N) is 2. The third-order valence-corrected chi connectivity index (χ3v) is 5.09. The van der Waals surface area contributed by atoms with Crippen LogP contribution < -0.4 is 20.1 Å². The molecule has 2 heterocycles. The maximum atomic E-state index is 12.1. The smallest absolute Gasteiger partial charge is 0.231 e. The van der Waals surface area contributed by atoms with Crippen LogP contribution in [0.5, 0.6) is 11.5 Å². The highest BCUT2D eigenvalue weighted by Crippen LogP contribution is 2.39. The Bertz CT molecular complexity index is 708. The second-order valence-corrected chi connectivity index (χ2v) is 7.66. The molecule has 0 saturated carbocycles. The highest BCUT2D eigenvalue weighted by molar-refractivity contribution is 9.10. The normalized spacial score (nSPS) is 19.2. The number of likely N-dealkylation sites (tertiary alicyclic amines) is 1. The largest absolute Gasteiger partial charge is 0.454 e. The summed E-state index contributed by atoms with van der Waals surface area (Å²) in [5.41, 5.74) is 1.06. The summed E-state index contributed by atoms with van der Waals surface area (Å²) in [7, 11) is 1.75. The lowest BCUT2D eigenvalue weighted by atomic mass is 10.2. The average molecular weight is 425 g/mol. The lowest BCUT2D eigenvalue weighted by Gasteiger charge is -2.20. The number of ether oxygens (including phenoxy) is 2. The van der Waals surface area contributed by atoms with Crippen molar-refractivity contribution < 1.29 is 14.3 Å². The third kappa shape index (κ3) is 4.23. The molecule has 0 bridgehead atoms. The monoisotopic (exact) mass is 424 g/mol. The quantitative estimate of drug-likeness (QED) is 0.571. The van der Waals surface area contributed by atoms with E-state index in [0.29, 0.717) is 13.1 Å². The lowest BCUT2D eigenvalue weighted by Crippen LogP contribution is -2.45. The SMILES string of the molecule is CN=C(NCc1cc(Br)c2c(c1)OCO2)NC1CCN(C(=O)C(C)C)C1.